The first-order valence-corrected chi connectivity index (χ1v) is 14.4. The fraction of sp³-hybridized carbons (Fsp3) is 0.556. The Morgan fingerprint density at radius 2 is 1.43 bits per heavy atom. The van der Waals surface area contributed by atoms with E-state index >= 15 is 0 Å². The number of hydrogen-bond donors (Lipinski definition) is 12. The highest BCUT2D eigenvalue weighted by Gasteiger charge is 2.44. The molecule has 16 N–H and O–H groups in total. The lowest BCUT2D eigenvalue weighted by atomic mass is 9.99. The van der Waals surface area contributed by atoms with Crippen molar-refractivity contribution in [3.8, 4) is 5.75 Å². The van der Waals surface area contributed by atoms with Gasteiger partial charge >= 0.3 is 0 Å². The van der Waals surface area contributed by atoms with E-state index in [-0.39, 0.29) is 49.5 Å². The quantitative estimate of drug-likeness (QED) is 0.0393. The Morgan fingerprint density at radius 3 is 1.96 bits per heavy atom. The SMILES string of the molecule is NC(=O)CC[C@H](NC(=O)c1ccc(O[C@@H]2O[C@H](CO)[C@H](O)[C@H](O)[C@H]2O)cc1)C(=O)N[C@@H](CCCN=C(N)N)C(=O)N[C@@H](CO)C(N)=O. The predicted octanol–water partition coefficient (Wildman–Crippen LogP) is -6.27. The summed E-state index contributed by atoms with van der Waals surface area (Å²) in [5.74, 6) is -4.47. The van der Waals surface area contributed by atoms with Gasteiger partial charge in [-0.15, -0.1) is 0 Å². The van der Waals surface area contributed by atoms with Gasteiger partial charge in [0.2, 0.25) is 29.9 Å². The summed E-state index contributed by atoms with van der Waals surface area (Å²) in [4.78, 5) is 66.1. The number of aliphatic hydroxyl groups excluding tert-OH is 5. The third-order valence-corrected chi connectivity index (χ3v) is 6.94. The minimum absolute atomic E-state index is 0.0156. The second kappa shape index (κ2) is 18.5. The van der Waals surface area contributed by atoms with Crippen LogP contribution in [0.25, 0.3) is 0 Å². The number of amides is 5. The van der Waals surface area contributed by atoms with Crippen LogP contribution < -0.4 is 43.6 Å². The Labute approximate surface area is 268 Å². The van der Waals surface area contributed by atoms with Crippen LogP contribution in [0.5, 0.6) is 5.75 Å². The molecule has 1 saturated heterocycles. The molecule has 1 aliphatic rings. The molecule has 0 unspecified atom stereocenters. The number of ether oxygens (including phenoxy) is 2. The van der Waals surface area contributed by atoms with Gasteiger partial charge in [0.1, 0.15) is 48.3 Å². The Bertz CT molecular complexity index is 1260. The molecule has 20 nitrogen and oxygen atoms in total. The maximum atomic E-state index is 13.3. The van der Waals surface area contributed by atoms with Crippen LogP contribution in [0.2, 0.25) is 0 Å². The summed E-state index contributed by atoms with van der Waals surface area (Å²) in [7, 11) is 0. The zero-order chi connectivity index (χ0) is 35.3. The molecule has 1 heterocycles. The number of primary amides is 2. The van der Waals surface area contributed by atoms with E-state index in [9.17, 15) is 49.5 Å². The molecule has 47 heavy (non-hydrogen) atoms. The molecule has 0 aromatic heterocycles. The third-order valence-electron chi connectivity index (χ3n) is 6.94. The highest BCUT2D eigenvalue weighted by molar-refractivity contribution is 5.99. The molecular weight excluding hydrogens is 628 g/mol. The number of aliphatic imine (C=N–C) groups is 1. The average molecular weight is 671 g/mol. The summed E-state index contributed by atoms with van der Waals surface area (Å²) in [5, 5.41) is 55.9. The van der Waals surface area contributed by atoms with E-state index in [1.807, 2.05) is 0 Å². The number of benzene rings is 1. The van der Waals surface area contributed by atoms with E-state index < -0.39 is 91.6 Å². The van der Waals surface area contributed by atoms with Gasteiger partial charge in [-0.2, -0.15) is 0 Å². The van der Waals surface area contributed by atoms with Crippen molar-refractivity contribution in [3.05, 3.63) is 29.8 Å². The zero-order valence-electron chi connectivity index (χ0n) is 25.2. The van der Waals surface area contributed by atoms with Crippen molar-refractivity contribution in [1.29, 1.82) is 0 Å². The number of guanidine groups is 1. The Hall–Kier alpha value is -4.60. The highest BCUT2D eigenvalue weighted by atomic mass is 16.7. The lowest BCUT2D eigenvalue weighted by Gasteiger charge is -2.39. The minimum atomic E-state index is -1.66. The van der Waals surface area contributed by atoms with Crippen LogP contribution in [0.15, 0.2) is 29.3 Å². The second-order valence-electron chi connectivity index (χ2n) is 10.5. The standard InChI is InChI=1S/C27H42N8O12/c28-18(38)8-7-15(25(45)34-14(2-1-9-32-27(30)31)24(44)35-16(10-36)22(29)42)33-23(43)12-3-5-13(6-4-12)46-26-21(41)20(40)19(39)17(11-37)47-26/h3-6,14-17,19-21,26,36-37,39-41H,1-2,7-11H2,(H2,28,38)(H2,29,42)(H,33,43)(H,34,45)(H,35,44)(H4,30,31,32)/t14-,15-,16-,17+,19-,20-,21+,26+/m0/s1. The lowest BCUT2D eigenvalue weighted by Crippen LogP contribution is -2.60. The van der Waals surface area contributed by atoms with Crippen LogP contribution >= 0.6 is 0 Å². The average Bonchev–Trinajstić information content (AvgIpc) is 3.03. The van der Waals surface area contributed by atoms with Crippen LogP contribution in [-0.2, 0) is 23.9 Å². The summed E-state index contributed by atoms with van der Waals surface area (Å²) < 4.78 is 10.8. The van der Waals surface area contributed by atoms with Crippen LogP contribution in [-0.4, -0.2) is 130 Å². The molecule has 0 saturated carbocycles. The number of nitrogens with one attached hydrogen (secondary N) is 3. The lowest BCUT2D eigenvalue weighted by molar-refractivity contribution is -0.277. The van der Waals surface area contributed by atoms with Crippen LogP contribution in [0.3, 0.4) is 0 Å². The Balaban J connectivity index is 2.17. The fourth-order valence-corrected chi connectivity index (χ4v) is 4.30. The van der Waals surface area contributed by atoms with E-state index in [1.54, 1.807) is 0 Å². The molecule has 8 atom stereocenters. The topological polar surface area (TPSA) is 357 Å². The Kier molecular flexibility index (Phi) is 15.2. The molecule has 262 valence electrons. The van der Waals surface area contributed by atoms with Gasteiger partial charge in [0.25, 0.3) is 5.91 Å². The van der Waals surface area contributed by atoms with Gasteiger partial charge in [0.15, 0.2) is 5.96 Å². The van der Waals surface area contributed by atoms with Crippen molar-refractivity contribution >= 4 is 35.5 Å². The summed E-state index contributed by atoms with van der Waals surface area (Å²) in [6.07, 6.45) is -8.01. The monoisotopic (exact) mass is 670 g/mol. The molecule has 0 radical (unpaired) electrons. The van der Waals surface area contributed by atoms with Crippen LogP contribution in [0.4, 0.5) is 0 Å². The number of nitrogens with zero attached hydrogens (tertiary/aromatic N) is 1. The van der Waals surface area contributed by atoms with E-state index in [4.69, 9.17) is 32.4 Å². The van der Waals surface area contributed by atoms with E-state index in [0.717, 1.165) is 0 Å². The van der Waals surface area contributed by atoms with Crippen molar-refractivity contribution in [3.63, 3.8) is 0 Å². The first-order valence-electron chi connectivity index (χ1n) is 14.4. The van der Waals surface area contributed by atoms with Crippen molar-refractivity contribution in [2.75, 3.05) is 19.8 Å². The molecule has 1 aromatic carbocycles. The maximum Gasteiger partial charge on any atom is 0.251 e. The highest BCUT2D eigenvalue weighted by Crippen LogP contribution is 2.24. The minimum Gasteiger partial charge on any atom is -0.462 e. The number of rotatable bonds is 18. The first-order chi connectivity index (χ1) is 22.2. The van der Waals surface area contributed by atoms with Gasteiger partial charge in [-0.05, 0) is 43.5 Å². The van der Waals surface area contributed by atoms with Gasteiger partial charge in [-0.25, -0.2) is 0 Å². The van der Waals surface area contributed by atoms with Crippen molar-refractivity contribution in [1.82, 2.24) is 16.0 Å². The fourth-order valence-electron chi connectivity index (χ4n) is 4.30. The molecular formula is C27H42N8O12. The second-order valence-corrected chi connectivity index (χ2v) is 10.5. The normalized spacial score (nSPS) is 22.5. The molecule has 0 bridgehead atoms. The molecule has 0 aliphatic carbocycles. The largest absolute Gasteiger partial charge is 0.462 e. The summed E-state index contributed by atoms with van der Waals surface area (Å²) >= 11 is 0. The van der Waals surface area contributed by atoms with Crippen molar-refractivity contribution in [2.24, 2.45) is 27.9 Å². The van der Waals surface area contributed by atoms with E-state index in [1.165, 1.54) is 24.3 Å². The van der Waals surface area contributed by atoms with E-state index in [2.05, 4.69) is 20.9 Å². The predicted molar refractivity (Wildman–Crippen MR) is 161 cm³/mol. The van der Waals surface area contributed by atoms with Crippen molar-refractivity contribution in [2.45, 2.75) is 74.5 Å². The molecule has 5 amide bonds. The number of nitrogens with two attached hydrogens (primary N) is 4. The van der Waals surface area contributed by atoms with Gasteiger partial charge < -0.3 is 73.9 Å². The third kappa shape index (κ3) is 11.9. The number of aliphatic hydroxyl groups is 5. The summed E-state index contributed by atoms with van der Waals surface area (Å²) in [6.45, 7) is -1.38. The van der Waals surface area contributed by atoms with Crippen molar-refractivity contribution < 1.29 is 59.0 Å². The molecule has 2 rings (SSSR count). The number of carbonyl (C=O) groups is 5. The summed E-state index contributed by atoms with van der Waals surface area (Å²) in [6, 6.07) is 1.06. The van der Waals surface area contributed by atoms with Gasteiger partial charge in [0.05, 0.1) is 13.2 Å². The molecule has 1 aromatic rings. The number of carbonyl (C=O) groups excluding carboxylic acids is 5. The van der Waals surface area contributed by atoms with E-state index in [0.29, 0.717) is 0 Å². The molecule has 1 aliphatic heterocycles. The smallest absolute Gasteiger partial charge is 0.251 e. The first kappa shape index (κ1) is 38.6. The summed E-state index contributed by atoms with van der Waals surface area (Å²) in [5.41, 5.74) is 21.0. The molecule has 0 spiro atoms. The molecule has 20 heteroatoms. The van der Waals surface area contributed by atoms with Crippen LogP contribution in [0.1, 0.15) is 36.0 Å². The van der Waals surface area contributed by atoms with Gasteiger partial charge in [-0.1, -0.05) is 0 Å². The molecule has 1 fully saturated rings. The Morgan fingerprint density at radius 1 is 0.830 bits per heavy atom. The number of hydrogen-bond acceptors (Lipinski definition) is 13. The maximum absolute atomic E-state index is 13.3. The van der Waals surface area contributed by atoms with Gasteiger partial charge in [0, 0.05) is 18.5 Å². The van der Waals surface area contributed by atoms with Gasteiger partial charge in [-0.3, -0.25) is 29.0 Å². The zero-order valence-corrected chi connectivity index (χ0v) is 25.2. The van der Waals surface area contributed by atoms with Crippen LogP contribution in [0, 0.1) is 0 Å².